The Morgan fingerprint density at radius 1 is 1.54 bits per heavy atom. The smallest absolute Gasteiger partial charge is 0.136 e. The highest BCUT2D eigenvalue weighted by atomic mass is 16.5. The van der Waals surface area contributed by atoms with Gasteiger partial charge in [-0.3, -0.25) is 0 Å². The third-order valence-corrected chi connectivity index (χ3v) is 2.00. The molecule has 0 radical (unpaired) electrons. The molecule has 1 aromatic rings. The summed E-state index contributed by atoms with van der Waals surface area (Å²) in [5.41, 5.74) is 8.12. The fourth-order valence-electron chi connectivity index (χ4n) is 1.21. The van der Waals surface area contributed by atoms with Crippen molar-refractivity contribution in [2.75, 3.05) is 7.11 Å². The summed E-state index contributed by atoms with van der Waals surface area (Å²) < 4.78 is 5.06. The van der Waals surface area contributed by atoms with Gasteiger partial charge in [0, 0.05) is 6.54 Å². The molecule has 0 aliphatic carbocycles. The van der Waals surface area contributed by atoms with Crippen LogP contribution in [-0.2, 0) is 6.54 Å². The Labute approximate surface area is 77.7 Å². The number of hydrogen-bond acceptors (Lipinski definition) is 3. The summed E-state index contributed by atoms with van der Waals surface area (Å²) >= 11 is 0. The Hall–Kier alpha value is -1.53. The van der Waals surface area contributed by atoms with Gasteiger partial charge in [-0.05, 0) is 30.2 Å². The van der Waals surface area contributed by atoms with Gasteiger partial charge in [-0.15, -0.1) is 0 Å². The summed E-state index contributed by atoms with van der Waals surface area (Å²) in [5, 5.41) is 8.78. The molecule has 2 N–H and O–H groups in total. The molecule has 13 heavy (non-hydrogen) atoms. The second-order valence-corrected chi connectivity index (χ2v) is 2.79. The zero-order chi connectivity index (χ0) is 9.84. The monoisotopic (exact) mass is 176 g/mol. The molecular weight excluding hydrogens is 164 g/mol. The van der Waals surface area contributed by atoms with Gasteiger partial charge < -0.3 is 10.5 Å². The van der Waals surface area contributed by atoms with Crippen molar-refractivity contribution in [3.63, 3.8) is 0 Å². The average Bonchev–Trinajstić information content (AvgIpc) is 2.17. The third kappa shape index (κ3) is 1.79. The fourth-order valence-corrected chi connectivity index (χ4v) is 1.21. The van der Waals surface area contributed by atoms with Crippen molar-refractivity contribution in [1.29, 1.82) is 5.26 Å². The van der Waals surface area contributed by atoms with Crippen LogP contribution >= 0.6 is 0 Å². The second-order valence-electron chi connectivity index (χ2n) is 2.79. The maximum atomic E-state index is 8.78. The summed E-state index contributed by atoms with van der Waals surface area (Å²) in [7, 11) is 1.55. The van der Waals surface area contributed by atoms with Crippen LogP contribution in [0.3, 0.4) is 0 Å². The first-order valence-corrected chi connectivity index (χ1v) is 4.00. The van der Waals surface area contributed by atoms with Crippen molar-refractivity contribution in [3.8, 4) is 11.8 Å². The van der Waals surface area contributed by atoms with Crippen LogP contribution in [0.4, 0.5) is 0 Å². The molecule has 0 aliphatic rings. The minimum Gasteiger partial charge on any atom is -0.495 e. The van der Waals surface area contributed by atoms with Crippen LogP contribution in [0.5, 0.6) is 5.75 Å². The molecule has 1 rings (SSSR count). The van der Waals surface area contributed by atoms with Crippen LogP contribution < -0.4 is 10.5 Å². The highest BCUT2D eigenvalue weighted by molar-refractivity contribution is 5.48. The van der Waals surface area contributed by atoms with Gasteiger partial charge in [-0.2, -0.15) is 5.26 Å². The van der Waals surface area contributed by atoms with E-state index < -0.39 is 0 Å². The van der Waals surface area contributed by atoms with Crippen molar-refractivity contribution in [3.05, 3.63) is 28.8 Å². The van der Waals surface area contributed by atoms with Crippen molar-refractivity contribution in [2.24, 2.45) is 5.73 Å². The lowest BCUT2D eigenvalue weighted by atomic mass is 10.0. The normalized spacial score (nSPS) is 9.38. The standard InChI is InChI=1S/C10H12N2O/c1-7-3-9(6-12)10(13-2)4-8(7)5-11/h3-4H,5,11H2,1-2H3. The molecule has 0 atom stereocenters. The molecule has 0 unspecified atom stereocenters. The lowest BCUT2D eigenvalue weighted by Crippen LogP contribution is -2.01. The van der Waals surface area contributed by atoms with Gasteiger partial charge in [0.2, 0.25) is 0 Å². The number of hydrogen-bond donors (Lipinski definition) is 1. The predicted molar refractivity (Wildman–Crippen MR) is 50.3 cm³/mol. The van der Waals surface area contributed by atoms with Gasteiger partial charge in [0.25, 0.3) is 0 Å². The predicted octanol–water partition coefficient (Wildman–Crippen LogP) is 1.33. The maximum Gasteiger partial charge on any atom is 0.136 e. The van der Waals surface area contributed by atoms with E-state index >= 15 is 0 Å². The maximum absolute atomic E-state index is 8.78. The summed E-state index contributed by atoms with van der Waals surface area (Å²) in [6, 6.07) is 5.68. The number of methoxy groups -OCH3 is 1. The first-order chi connectivity index (χ1) is 6.22. The van der Waals surface area contributed by atoms with Gasteiger partial charge in [0.15, 0.2) is 0 Å². The van der Waals surface area contributed by atoms with Crippen LogP contribution in [0, 0.1) is 18.3 Å². The quantitative estimate of drug-likeness (QED) is 0.739. The summed E-state index contributed by atoms with van der Waals surface area (Å²) in [6.07, 6.45) is 0. The molecule has 0 amide bonds. The van der Waals surface area contributed by atoms with Crippen LogP contribution in [0.2, 0.25) is 0 Å². The minimum absolute atomic E-state index is 0.466. The average molecular weight is 176 g/mol. The van der Waals surface area contributed by atoms with E-state index in [9.17, 15) is 0 Å². The molecule has 0 saturated heterocycles. The van der Waals surface area contributed by atoms with Crippen molar-refractivity contribution in [2.45, 2.75) is 13.5 Å². The molecule has 0 aliphatic heterocycles. The van der Waals surface area contributed by atoms with E-state index in [-0.39, 0.29) is 0 Å². The van der Waals surface area contributed by atoms with E-state index in [0.29, 0.717) is 17.9 Å². The highest BCUT2D eigenvalue weighted by Gasteiger charge is 2.05. The van der Waals surface area contributed by atoms with Gasteiger partial charge in [-0.25, -0.2) is 0 Å². The van der Waals surface area contributed by atoms with E-state index in [1.54, 1.807) is 13.2 Å². The Bertz CT molecular complexity index is 353. The van der Waals surface area contributed by atoms with E-state index in [0.717, 1.165) is 11.1 Å². The van der Waals surface area contributed by atoms with Crippen molar-refractivity contribution < 1.29 is 4.74 Å². The molecule has 0 spiro atoms. The molecule has 3 heteroatoms. The Morgan fingerprint density at radius 3 is 2.69 bits per heavy atom. The van der Waals surface area contributed by atoms with Gasteiger partial charge in [0.1, 0.15) is 11.8 Å². The zero-order valence-corrected chi connectivity index (χ0v) is 7.79. The molecule has 0 fully saturated rings. The molecule has 0 bridgehead atoms. The molecule has 0 heterocycles. The lowest BCUT2D eigenvalue weighted by Gasteiger charge is -2.07. The first kappa shape index (κ1) is 9.56. The SMILES string of the molecule is COc1cc(CN)c(C)cc1C#N. The van der Waals surface area contributed by atoms with E-state index in [1.165, 1.54) is 0 Å². The highest BCUT2D eigenvalue weighted by Crippen LogP contribution is 2.22. The third-order valence-electron chi connectivity index (χ3n) is 2.00. The van der Waals surface area contributed by atoms with E-state index in [2.05, 4.69) is 6.07 Å². The molecule has 0 aromatic heterocycles. The zero-order valence-electron chi connectivity index (χ0n) is 7.79. The van der Waals surface area contributed by atoms with Crippen LogP contribution in [0.15, 0.2) is 12.1 Å². The molecule has 3 nitrogen and oxygen atoms in total. The van der Waals surface area contributed by atoms with Crippen LogP contribution in [0.25, 0.3) is 0 Å². The number of nitrogens with two attached hydrogens (primary N) is 1. The second kappa shape index (κ2) is 3.92. The van der Waals surface area contributed by atoms with E-state index in [1.807, 2.05) is 13.0 Å². The molecule has 68 valence electrons. The van der Waals surface area contributed by atoms with Crippen LogP contribution in [0.1, 0.15) is 16.7 Å². The first-order valence-electron chi connectivity index (χ1n) is 4.00. The van der Waals surface area contributed by atoms with Crippen molar-refractivity contribution in [1.82, 2.24) is 0 Å². The van der Waals surface area contributed by atoms with Crippen molar-refractivity contribution >= 4 is 0 Å². The minimum atomic E-state index is 0.466. The Kier molecular flexibility index (Phi) is 2.88. The molecular formula is C10H12N2O. The summed E-state index contributed by atoms with van der Waals surface area (Å²) in [5.74, 6) is 0.591. The van der Waals surface area contributed by atoms with E-state index in [4.69, 9.17) is 15.7 Å². The van der Waals surface area contributed by atoms with Crippen LogP contribution in [-0.4, -0.2) is 7.11 Å². The Balaban J connectivity index is 3.28. The lowest BCUT2D eigenvalue weighted by molar-refractivity contribution is 0.413. The number of aryl methyl sites for hydroxylation is 1. The number of benzene rings is 1. The summed E-state index contributed by atoms with van der Waals surface area (Å²) in [4.78, 5) is 0. The Morgan fingerprint density at radius 2 is 2.23 bits per heavy atom. The van der Waals surface area contributed by atoms with Gasteiger partial charge in [0.05, 0.1) is 12.7 Å². The summed E-state index contributed by atoms with van der Waals surface area (Å²) in [6.45, 7) is 2.40. The van der Waals surface area contributed by atoms with Gasteiger partial charge in [-0.1, -0.05) is 0 Å². The molecule has 0 saturated carbocycles. The topological polar surface area (TPSA) is 59.0 Å². The molecule has 1 aromatic carbocycles. The number of rotatable bonds is 2. The number of nitriles is 1. The number of nitrogens with zero attached hydrogens (tertiary/aromatic N) is 1. The van der Waals surface area contributed by atoms with Gasteiger partial charge >= 0.3 is 0 Å². The fraction of sp³-hybridized carbons (Fsp3) is 0.300. The number of ether oxygens (including phenoxy) is 1. The largest absolute Gasteiger partial charge is 0.495 e.